The van der Waals surface area contributed by atoms with Gasteiger partial charge in [-0.3, -0.25) is 0 Å². The molecule has 0 atom stereocenters. The molecule has 3 radical (unpaired) electrons. The van der Waals surface area contributed by atoms with Crippen LogP contribution in [-0.2, 0) is 0 Å². The van der Waals surface area contributed by atoms with Gasteiger partial charge in [0.15, 0.2) is 0 Å². The average Bonchev–Trinajstić information content (AvgIpc) is 2.05. The van der Waals surface area contributed by atoms with Gasteiger partial charge in [0.05, 0.1) is 0 Å². The topological polar surface area (TPSA) is 0 Å². The summed E-state index contributed by atoms with van der Waals surface area (Å²) < 4.78 is 0. The molecule has 0 nitrogen and oxygen atoms in total. The van der Waals surface area contributed by atoms with Crippen LogP contribution in [0.2, 0.25) is 5.32 Å². The Labute approximate surface area is 90.0 Å². The van der Waals surface area contributed by atoms with E-state index in [1.807, 2.05) is 0 Å². The first-order valence-electron chi connectivity index (χ1n) is 4.43. The van der Waals surface area contributed by atoms with Crippen LogP contribution < -0.4 is 0 Å². The molecule has 0 fully saturated rings. The summed E-state index contributed by atoms with van der Waals surface area (Å²) in [5.41, 5.74) is 0. The predicted molar refractivity (Wildman–Crippen MR) is 60.4 cm³/mol. The summed E-state index contributed by atoms with van der Waals surface area (Å²) in [7, 11) is 1.02. The van der Waals surface area contributed by atoms with Crippen molar-refractivity contribution in [2.24, 2.45) is 0 Å². The van der Waals surface area contributed by atoms with Gasteiger partial charge in [-0.2, -0.15) is 0 Å². The molecular weight excluding hydrogens is 345 g/mol. The summed E-state index contributed by atoms with van der Waals surface area (Å²) in [5, 5.41) is 1.56. The van der Waals surface area contributed by atoms with Crippen LogP contribution in [0.15, 0.2) is 12.2 Å². The predicted octanol–water partition coefficient (Wildman–Crippen LogP) is 1.67. The molecule has 0 unspecified atom stereocenters. The van der Waals surface area contributed by atoms with Crippen molar-refractivity contribution in [3.63, 3.8) is 0 Å². The van der Waals surface area contributed by atoms with Gasteiger partial charge < -0.3 is 0 Å². The van der Waals surface area contributed by atoms with Gasteiger partial charge in [-0.15, -0.1) is 0 Å². The molecule has 1 aliphatic rings. The minimum atomic E-state index is 0.878. The SMILES string of the molecule is C1=[Se][Se]=[Se]CCCCCC/C=C\1. The molecule has 69 valence electrons. The summed E-state index contributed by atoms with van der Waals surface area (Å²) in [4.78, 5) is 2.43. The molecule has 1 aliphatic heterocycles. The fraction of sp³-hybridized carbons (Fsp3) is 0.667. The Bertz CT molecular complexity index is 162. The molecule has 0 N–H and O–H groups in total. The number of allylic oxidation sites excluding steroid dienone is 2. The van der Waals surface area contributed by atoms with Gasteiger partial charge in [-0.1, -0.05) is 0 Å². The number of rotatable bonds is 0. The van der Waals surface area contributed by atoms with Crippen molar-refractivity contribution >= 4 is 41.0 Å². The van der Waals surface area contributed by atoms with Crippen LogP contribution in [0.4, 0.5) is 0 Å². The molecular formula is C9H15Se3. The zero-order valence-electron chi connectivity index (χ0n) is 7.20. The van der Waals surface area contributed by atoms with Crippen molar-refractivity contribution < 1.29 is 0 Å². The molecule has 0 aliphatic carbocycles. The second-order valence-electron chi connectivity index (χ2n) is 2.75. The van der Waals surface area contributed by atoms with Crippen LogP contribution >= 0.6 is 0 Å². The van der Waals surface area contributed by atoms with Crippen LogP contribution in [0.25, 0.3) is 0 Å². The van der Waals surface area contributed by atoms with E-state index in [4.69, 9.17) is 0 Å². The van der Waals surface area contributed by atoms with Crippen molar-refractivity contribution in [2.45, 2.75) is 37.4 Å². The van der Waals surface area contributed by atoms with E-state index in [1.165, 1.54) is 32.1 Å². The van der Waals surface area contributed by atoms with E-state index in [9.17, 15) is 0 Å². The van der Waals surface area contributed by atoms with E-state index in [-0.39, 0.29) is 0 Å². The Kier molecular flexibility index (Phi) is 8.20. The van der Waals surface area contributed by atoms with Crippen LogP contribution in [0.5, 0.6) is 0 Å². The Balaban J connectivity index is 2.32. The van der Waals surface area contributed by atoms with E-state index in [2.05, 4.69) is 17.1 Å². The molecule has 0 aromatic carbocycles. The zero-order chi connectivity index (χ0) is 8.49. The quantitative estimate of drug-likeness (QED) is 0.577. The summed E-state index contributed by atoms with van der Waals surface area (Å²) in [6.45, 7) is 0. The maximum atomic E-state index is 2.43. The van der Waals surface area contributed by atoms with E-state index in [1.54, 1.807) is 5.32 Å². The molecule has 0 spiro atoms. The fourth-order valence-corrected chi connectivity index (χ4v) is 15.8. The van der Waals surface area contributed by atoms with E-state index in [0.29, 0.717) is 0 Å². The van der Waals surface area contributed by atoms with E-state index < -0.39 is 0 Å². The molecule has 0 saturated carbocycles. The molecule has 0 aromatic heterocycles. The summed E-state index contributed by atoms with van der Waals surface area (Å²) in [5.74, 6) is 0. The van der Waals surface area contributed by atoms with Crippen LogP contribution in [0.3, 0.4) is 0 Å². The Morgan fingerprint density at radius 2 is 1.92 bits per heavy atom. The van der Waals surface area contributed by atoms with Gasteiger partial charge in [-0.25, -0.2) is 0 Å². The second kappa shape index (κ2) is 8.75. The minimum absolute atomic E-state index is 0.878. The molecule has 1 rings (SSSR count). The van der Waals surface area contributed by atoms with Gasteiger partial charge in [0.25, 0.3) is 0 Å². The van der Waals surface area contributed by atoms with Gasteiger partial charge in [0, 0.05) is 0 Å². The Hall–Kier alpha value is 1.17. The van der Waals surface area contributed by atoms with Crippen molar-refractivity contribution in [1.29, 1.82) is 0 Å². The average molecular weight is 360 g/mol. The molecule has 0 aromatic rings. The van der Waals surface area contributed by atoms with Gasteiger partial charge >= 0.3 is 90.6 Å². The normalized spacial score (nSPS) is 22.7. The van der Waals surface area contributed by atoms with E-state index in [0.717, 1.165) is 36.1 Å². The number of hydrogen-bond acceptors (Lipinski definition) is 0. The van der Waals surface area contributed by atoms with Crippen molar-refractivity contribution in [3.8, 4) is 0 Å². The van der Waals surface area contributed by atoms with Crippen molar-refractivity contribution in [1.82, 2.24) is 0 Å². The Morgan fingerprint density at radius 3 is 2.92 bits per heavy atom. The van der Waals surface area contributed by atoms with Gasteiger partial charge in [-0.05, 0) is 0 Å². The first kappa shape index (κ1) is 11.2. The molecule has 0 amide bonds. The summed E-state index contributed by atoms with van der Waals surface area (Å²) in [6, 6.07) is 0. The summed E-state index contributed by atoms with van der Waals surface area (Å²) >= 11 is 1.90. The van der Waals surface area contributed by atoms with E-state index >= 15 is 0 Å². The van der Waals surface area contributed by atoms with Gasteiger partial charge in [0.2, 0.25) is 0 Å². The third kappa shape index (κ3) is 6.66. The third-order valence-corrected chi connectivity index (χ3v) is 18.4. The standard InChI is InChI=1S/C9H15Se3/c1-2-4-6-8-10-12-11-9-7-5-3-1/h4,6,8H,1-3,5,7,9H2/b6-4-. The van der Waals surface area contributed by atoms with Gasteiger partial charge in [0.1, 0.15) is 0 Å². The first-order chi connectivity index (χ1) is 6.00. The molecule has 3 heteroatoms. The zero-order valence-corrected chi connectivity index (χ0v) is 12.3. The molecule has 1 heterocycles. The Morgan fingerprint density at radius 1 is 1.00 bits per heavy atom. The van der Waals surface area contributed by atoms with Crippen molar-refractivity contribution in [3.05, 3.63) is 12.2 Å². The van der Waals surface area contributed by atoms with Crippen LogP contribution in [-0.4, -0.2) is 41.0 Å². The molecule has 0 bridgehead atoms. The second-order valence-corrected chi connectivity index (χ2v) is 19.2. The number of hydrogen-bond donors (Lipinski definition) is 0. The first-order valence-corrected chi connectivity index (χ1v) is 15.3. The molecule has 12 heavy (non-hydrogen) atoms. The summed E-state index contributed by atoms with van der Waals surface area (Å²) in [6.07, 6.45) is 11.8. The van der Waals surface area contributed by atoms with Crippen molar-refractivity contribution in [2.75, 3.05) is 0 Å². The van der Waals surface area contributed by atoms with Crippen LogP contribution in [0.1, 0.15) is 32.1 Å². The monoisotopic (exact) mass is 363 g/mol. The fourth-order valence-electron chi connectivity index (χ4n) is 1.05. The third-order valence-electron chi connectivity index (χ3n) is 1.71. The maximum absolute atomic E-state index is 2.43. The van der Waals surface area contributed by atoms with Crippen LogP contribution in [0, 0.1) is 0 Å². The molecule has 0 saturated heterocycles.